The molecule has 0 amide bonds. The summed E-state index contributed by atoms with van der Waals surface area (Å²) in [6.07, 6.45) is -4.80. The van der Waals surface area contributed by atoms with Crippen LogP contribution in [0.4, 0.5) is 30.6 Å². The van der Waals surface area contributed by atoms with E-state index in [1.54, 1.807) is 25.1 Å². The van der Waals surface area contributed by atoms with Gasteiger partial charge in [0.1, 0.15) is 11.6 Å². The van der Waals surface area contributed by atoms with Crippen LogP contribution in [0.3, 0.4) is 0 Å². The lowest BCUT2D eigenvalue weighted by atomic mass is 10.1. The summed E-state index contributed by atoms with van der Waals surface area (Å²) in [7, 11) is 0. The van der Waals surface area contributed by atoms with Gasteiger partial charge in [-0.05, 0) is 37.6 Å². The van der Waals surface area contributed by atoms with Gasteiger partial charge in [-0.3, -0.25) is 0 Å². The van der Waals surface area contributed by atoms with Crippen molar-refractivity contribution in [3.63, 3.8) is 0 Å². The highest BCUT2D eigenvalue weighted by molar-refractivity contribution is 6.33. The number of para-hydroxylation sites is 1. The largest absolute Gasteiger partial charge is 0.573 e. The van der Waals surface area contributed by atoms with Crippen LogP contribution < -0.4 is 15.4 Å². The number of hydrogen-bond acceptors (Lipinski definition) is 6. The van der Waals surface area contributed by atoms with Gasteiger partial charge in [-0.2, -0.15) is 4.98 Å². The smallest absolute Gasteiger partial charge is 0.406 e. The van der Waals surface area contributed by atoms with E-state index in [1.165, 1.54) is 18.2 Å². The van der Waals surface area contributed by atoms with Crippen LogP contribution in [0.15, 0.2) is 48.5 Å². The lowest BCUT2D eigenvalue weighted by molar-refractivity contribution is -0.274. The minimum atomic E-state index is -4.80. The standard InChI is InChI=1S/C21H20ClF3N4O2/c1-12-5-3-8-16(22)19(12)28-18-10-17(27-20(29-18)26-13(2)11-30)14-6-4-7-15(9-14)31-21(23,24)25/h3-10,13,30H,11H2,1-2H3,(H2,26,27,28,29)/t13-/m0/s1. The van der Waals surface area contributed by atoms with E-state index in [2.05, 4.69) is 25.3 Å². The number of aryl methyl sites for hydroxylation is 1. The Bertz CT molecular complexity index is 1040. The number of alkyl halides is 3. The Kier molecular flexibility index (Phi) is 6.87. The van der Waals surface area contributed by atoms with Crippen molar-refractivity contribution in [3.05, 3.63) is 59.1 Å². The Hall–Kier alpha value is -3.04. The molecule has 0 saturated heterocycles. The summed E-state index contributed by atoms with van der Waals surface area (Å²) < 4.78 is 41.8. The van der Waals surface area contributed by atoms with E-state index >= 15 is 0 Å². The average Bonchev–Trinajstić information content (AvgIpc) is 2.69. The van der Waals surface area contributed by atoms with Crippen LogP contribution in [0.5, 0.6) is 5.75 Å². The number of benzene rings is 2. The van der Waals surface area contributed by atoms with Crippen molar-refractivity contribution in [2.45, 2.75) is 26.3 Å². The number of aromatic nitrogens is 2. The van der Waals surface area contributed by atoms with Crippen molar-refractivity contribution in [2.24, 2.45) is 0 Å². The van der Waals surface area contributed by atoms with E-state index in [1.807, 2.05) is 19.1 Å². The molecular weight excluding hydrogens is 433 g/mol. The highest BCUT2D eigenvalue weighted by Gasteiger charge is 2.31. The lowest BCUT2D eigenvalue weighted by Crippen LogP contribution is -2.21. The number of aliphatic hydroxyl groups is 1. The van der Waals surface area contributed by atoms with Crippen LogP contribution in [0, 0.1) is 6.92 Å². The minimum Gasteiger partial charge on any atom is -0.406 e. The molecule has 0 spiro atoms. The molecule has 3 rings (SSSR count). The average molecular weight is 453 g/mol. The first-order valence-corrected chi connectivity index (χ1v) is 9.67. The molecule has 0 fully saturated rings. The molecule has 3 aromatic rings. The molecule has 164 valence electrons. The molecule has 31 heavy (non-hydrogen) atoms. The summed E-state index contributed by atoms with van der Waals surface area (Å²) >= 11 is 6.29. The van der Waals surface area contributed by atoms with E-state index in [0.29, 0.717) is 27.8 Å². The maximum atomic E-state index is 12.6. The van der Waals surface area contributed by atoms with Crippen molar-refractivity contribution in [1.82, 2.24) is 9.97 Å². The van der Waals surface area contributed by atoms with Crippen LogP contribution >= 0.6 is 11.6 Å². The fourth-order valence-electron chi connectivity index (χ4n) is 2.76. The summed E-state index contributed by atoms with van der Waals surface area (Å²) in [5.74, 6) is 0.197. The number of hydrogen-bond donors (Lipinski definition) is 3. The number of rotatable bonds is 7. The molecule has 0 saturated carbocycles. The monoisotopic (exact) mass is 452 g/mol. The fraction of sp³-hybridized carbons (Fsp3) is 0.238. The van der Waals surface area contributed by atoms with Gasteiger partial charge in [0.05, 0.1) is 23.0 Å². The molecule has 0 unspecified atom stereocenters. The van der Waals surface area contributed by atoms with Gasteiger partial charge in [0.25, 0.3) is 0 Å². The zero-order valence-corrected chi connectivity index (χ0v) is 17.4. The number of ether oxygens (including phenoxy) is 1. The number of halogens is 4. The van der Waals surface area contributed by atoms with Crippen molar-refractivity contribution in [3.8, 4) is 17.0 Å². The molecule has 2 aromatic carbocycles. The van der Waals surface area contributed by atoms with Gasteiger partial charge < -0.3 is 20.5 Å². The molecule has 1 atom stereocenters. The first-order valence-electron chi connectivity index (χ1n) is 9.29. The Morgan fingerprint density at radius 1 is 1.13 bits per heavy atom. The van der Waals surface area contributed by atoms with E-state index in [4.69, 9.17) is 11.6 Å². The van der Waals surface area contributed by atoms with Gasteiger partial charge in [-0.25, -0.2) is 4.98 Å². The molecule has 0 aliphatic rings. The van der Waals surface area contributed by atoms with Crippen LogP contribution in [-0.2, 0) is 0 Å². The number of aliphatic hydroxyl groups excluding tert-OH is 1. The quantitative estimate of drug-likeness (QED) is 0.437. The van der Waals surface area contributed by atoms with Gasteiger partial charge in [0.15, 0.2) is 0 Å². The van der Waals surface area contributed by atoms with Crippen LogP contribution in [0.2, 0.25) is 5.02 Å². The molecule has 6 nitrogen and oxygen atoms in total. The van der Waals surface area contributed by atoms with Crippen LogP contribution in [0.1, 0.15) is 12.5 Å². The van der Waals surface area contributed by atoms with E-state index in [-0.39, 0.29) is 24.3 Å². The highest BCUT2D eigenvalue weighted by atomic mass is 35.5. The summed E-state index contributed by atoms with van der Waals surface area (Å²) in [5, 5.41) is 15.9. The molecule has 0 radical (unpaired) electrons. The van der Waals surface area contributed by atoms with Crippen molar-refractivity contribution >= 4 is 29.1 Å². The molecule has 3 N–H and O–H groups in total. The molecule has 0 aliphatic heterocycles. The van der Waals surface area contributed by atoms with Gasteiger partial charge in [-0.15, -0.1) is 13.2 Å². The van der Waals surface area contributed by atoms with E-state index in [0.717, 1.165) is 5.56 Å². The SMILES string of the molecule is Cc1cccc(Cl)c1Nc1cc(-c2cccc(OC(F)(F)F)c2)nc(N[C@@H](C)CO)n1. The second-order valence-electron chi connectivity index (χ2n) is 6.82. The fourth-order valence-corrected chi connectivity index (χ4v) is 3.03. The summed E-state index contributed by atoms with van der Waals surface area (Å²) in [5.41, 5.74) is 2.26. The van der Waals surface area contributed by atoms with Crippen LogP contribution in [0.25, 0.3) is 11.3 Å². The van der Waals surface area contributed by atoms with Crippen molar-refractivity contribution in [1.29, 1.82) is 0 Å². The predicted octanol–water partition coefficient (Wildman–Crippen LogP) is 5.54. The summed E-state index contributed by atoms with van der Waals surface area (Å²) in [4.78, 5) is 8.76. The third-order valence-electron chi connectivity index (χ3n) is 4.21. The summed E-state index contributed by atoms with van der Waals surface area (Å²) in [6.45, 7) is 3.45. The first-order chi connectivity index (χ1) is 14.6. The first kappa shape index (κ1) is 22.6. The zero-order chi connectivity index (χ0) is 22.6. The van der Waals surface area contributed by atoms with Gasteiger partial charge in [0, 0.05) is 17.7 Å². The maximum Gasteiger partial charge on any atom is 0.573 e. The van der Waals surface area contributed by atoms with Crippen molar-refractivity contribution in [2.75, 3.05) is 17.2 Å². The van der Waals surface area contributed by atoms with E-state index < -0.39 is 6.36 Å². The van der Waals surface area contributed by atoms with E-state index in [9.17, 15) is 18.3 Å². The lowest BCUT2D eigenvalue weighted by Gasteiger charge is -2.16. The Labute approximate surface area is 182 Å². The number of nitrogens with zero attached hydrogens (tertiary/aromatic N) is 2. The van der Waals surface area contributed by atoms with Crippen molar-refractivity contribution < 1.29 is 23.0 Å². The summed E-state index contributed by atoms with van der Waals surface area (Å²) in [6, 6.07) is 12.1. The molecule has 1 aromatic heterocycles. The number of nitrogens with one attached hydrogen (secondary N) is 2. The van der Waals surface area contributed by atoms with Gasteiger partial charge in [-0.1, -0.05) is 35.9 Å². The molecule has 10 heteroatoms. The zero-order valence-electron chi connectivity index (χ0n) is 16.7. The predicted molar refractivity (Wildman–Crippen MR) is 114 cm³/mol. The Morgan fingerprint density at radius 3 is 2.55 bits per heavy atom. The third kappa shape index (κ3) is 6.22. The third-order valence-corrected chi connectivity index (χ3v) is 4.53. The Morgan fingerprint density at radius 2 is 1.87 bits per heavy atom. The molecule has 1 heterocycles. The second-order valence-corrected chi connectivity index (χ2v) is 7.23. The molecule has 0 bridgehead atoms. The van der Waals surface area contributed by atoms with Crippen LogP contribution in [-0.4, -0.2) is 34.1 Å². The number of anilines is 3. The maximum absolute atomic E-state index is 12.6. The minimum absolute atomic E-state index is 0.158. The molecule has 0 aliphatic carbocycles. The second kappa shape index (κ2) is 9.40. The Balaban J connectivity index is 2.03. The van der Waals surface area contributed by atoms with Gasteiger partial charge >= 0.3 is 6.36 Å². The highest BCUT2D eigenvalue weighted by Crippen LogP contribution is 2.32. The molecular formula is C21H20ClF3N4O2. The van der Waals surface area contributed by atoms with Gasteiger partial charge in [0.2, 0.25) is 5.95 Å². The topological polar surface area (TPSA) is 79.3 Å². The normalized spacial score (nSPS) is 12.4.